The highest BCUT2D eigenvalue weighted by atomic mass is 16.5. The van der Waals surface area contributed by atoms with Crippen molar-refractivity contribution in [3.8, 4) is 0 Å². The van der Waals surface area contributed by atoms with E-state index >= 15 is 0 Å². The minimum atomic E-state index is -0.155. The van der Waals surface area contributed by atoms with Crippen molar-refractivity contribution < 1.29 is 19.4 Å². The molecule has 53 heavy (non-hydrogen) atoms. The molecule has 7 heteroatoms. The Labute approximate surface area is 319 Å². The Morgan fingerprint density at radius 2 is 1.72 bits per heavy atom. The zero-order valence-electron chi connectivity index (χ0n) is 33.6. The van der Waals surface area contributed by atoms with Crippen LogP contribution in [0.4, 0.5) is 0 Å². The quantitative estimate of drug-likeness (QED) is 0.152. The fourth-order valence-corrected chi connectivity index (χ4v) is 14.5. The molecule has 2 spiro atoms. The SMILES string of the molecule is C[C@H]1C[C@H]2O[C@]3(CC[C@@H]4C5(C[C@H]6[C@@]4(C)CC=C4C[C@@H](O)CC[C@@]46C)CC53C)[C@H](C)[C@@H]2N(CCNC(=O)CCCCCNC(=O)CCc2ccccc2)C1. The van der Waals surface area contributed by atoms with Crippen molar-refractivity contribution >= 4 is 11.8 Å². The van der Waals surface area contributed by atoms with Crippen LogP contribution in [0.1, 0.15) is 130 Å². The summed E-state index contributed by atoms with van der Waals surface area (Å²) in [6.45, 7) is 16.1. The van der Waals surface area contributed by atoms with Gasteiger partial charge in [0.25, 0.3) is 0 Å². The van der Waals surface area contributed by atoms with Gasteiger partial charge in [0.05, 0.1) is 17.8 Å². The molecule has 1 aromatic carbocycles. The van der Waals surface area contributed by atoms with Crippen molar-refractivity contribution in [2.45, 2.75) is 155 Å². The molecule has 1 aromatic rings. The lowest BCUT2D eigenvalue weighted by Gasteiger charge is -2.55. The molecule has 0 radical (unpaired) electrons. The number of rotatable bonds is 12. The van der Waals surface area contributed by atoms with E-state index in [-0.39, 0.29) is 40.5 Å². The fraction of sp³-hybridized carbons (Fsp3) is 0.783. The van der Waals surface area contributed by atoms with Gasteiger partial charge in [-0.1, -0.05) is 83.0 Å². The molecular formula is C46H69N3O4. The molecule has 3 N–H and O–H groups in total. The molecule has 2 amide bonds. The first-order chi connectivity index (χ1) is 25.4. The minimum Gasteiger partial charge on any atom is -0.393 e. The molecule has 12 atom stereocenters. The average Bonchev–Trinajstić information content (AvgIpc) is 3.54. The summed E-state index contributed by atoms with van der Waals surface area (Å²) in [7, 11) is 0. The number of aliphatic hydroxyl groups excluding tert-OH is 1. The van der Waals surface area contributed by atoms with E-state index in [0.29, 0.717) is 60.6 Å². The van der Waals surface area contributed by atoms with E-state index < -0.39 is 0 Å². The number of hydrogen-bond donors (Lipinski definition) is 3. The zero-order chi connectivity index (χ0) is 37.2. The van der Waals surface area contributed by atoms with Gasteiger partial charge in [-0.05, 0) is 117 Å². The number of amides is 2. The first-order valence-electron chi connectivity index (χ1n) is 21.7. The van der Waals surface area contributed by atoms with Crippen LogP contribution in [-0.2, 0) is 20.7 Å². The average molecular weight is 728 g/mol. The second-order valence-corrected chi connectivity index (χ2v) is 19.9. The monoisotopic (exact) mass is 728 g/mol. The number of nitrogens with zero attached hydrogens (tertiary/aromatic N) is 1. The first kappa shape index (κ1) is 37.7. The van der Waals surface area contributed by atoms with E-state index in [4.69, 9.17) is 4.74 Å². The highest BCUT2D eigenvalue weighted by molar-refractivity contribution is 5.76. The van der Waals surface area contributed by atoms with Gasteiger partial charge < -0.3 is 20.5 Å². The third-order valence-corrected chi connectivity index (χ3v) is 17.2. The van der Waals surface area contributed by atoms with Gasteiger partial charge in [0.2, 0.25) is 11.8 Å². The van der Waals surface area contributed by atoms with E-state index in [1.807, 2.05) is 18.2 Å². The van der Waals surface area contributed by atoms with Crippen LogP contribution < -0.4 is 10.6 Å². The lowest BCUT2D eigenvalue weighted by molar-refractivity contribution is -0.151. The number of fused-ring (bicyclic) bond motifs is 6. The number of aliphatic hydroxyl groups is 1. The third kappa shape index (κ3) is 6.16. The Hall–Kier alpha value is -2.22. The van der Waals surface area contributed by atoms with Crippen molar-refractivity contribution in [2.24, 2.45) is 45.3 Å². The van der Waals surface area contributed by atoms with Gasteiger partial charge in [0.1, 0.15) is 0 Å². The molecule has 7 nitrogen and oxygen atoms in total. The fourth-order valence-electron chi connectivity index (χ4n) is 14.5. The van der Waals surface area contributed by atoms with E-state index in [1.165, 1.54) is 37.7 Å². The van der Waals surface area contributed by atoms with Crippen molar-refractivity contribution in [3.05, 3.63) is 47.5 Å². The number of allylic oxidation sites excluding steroid dienone is 1. The number of ether oxygens (including phenoxy) is 1. The van der Waals surface area contributed by atoms with Crippen LogP contribution >= 0.6 is 0 Å². The van der Waals surface area contributed by atoms with Gasteiger partial charge in [0.15, 0.2) is 0 Å². The minimum absolute atomic E-state index is 0.0600. The standard InChI is InChI=1S/C46H69N3O4/c1-31-26-36-41(49(29-31)25-24-48-39(51)14-10-7-11-23-47-40(52)16-15-33-12-8-6-9-13-33)32(2)46(53-36)22-19-37-43(4)20-17-34-27-35(50)18-21-42(34,3)38(43)28-45(37)30-44(45,46)5/h6,8-9,12-13,17,31-32,35-38,41,50H,7,10-11,14-16,18-30H2,1-5H3,(H,47,52)(H,48,51)/t31-,32+,35-,36+,37-,38+,41-,42-,43-,44?,45?,46+/m0/s1. The number of carbonyl (C=O) groups excluding carboxylic acids is 2. The van der Waals surface area contributed by atoms with Crippen LogP contribution in [0.5, 0.6) is 0 Å². The number of piperidine rings is 1. The summed E-state index contributed by atoms with van der Waals surface area (Å²) in [4.78, 5) is 27.8. The van der Waals surface area contributed by atoms with Crippen molar-refractivity contribution in [2.75, 3.05) is 26.2 Å². The largest absolute Gasteiger partial charge is 0.393 e. The number of hydrogen-bond acceptors (Lipinski definition) is 5. The van der Waals surface area contributed by atoms with Crippen LogP contribution in [0.15, 0.2) is 42.0 Å². The van der Waals surface area contributed by atoms with Crippen molar-refractivity contribution in [1.29, 1.82) is 0 Å². The summed E-state index contributed by atoms with van der Waals surface area (Å²) in [5.41, 5.74) is 3.89. The topological polar surface area (TPSA) is 90.9 Å². The molecule has 2 unspecified atom stereocenters. The summed E-state index contributed by atoms with van der Waals surface area (Å²) in [5, 5.41) is 16.9. The molecule has 5 aliphatic carbocycles. The Bertz CT molecular complexity index is 1560. The Kier molecular flexibility index (Phi) is 10.0. The molecule has 2 aliphatic heterocycles. The van der Waals surface area contributed by atoms with E-state index in [1.54, 1.807) is 5.57 Å². The molecule has 292 valence electrons. The summed E-state index contributed by atoms with van der Waals surface area (Å²) >= 11 is 0. The van der Waals surface area contributed by atoms with Gasteiger partial charge in [-0.15, -0.1) is 0 Å². The second-order valence-electron chi connectivity index (χ2n) is 19.9. The third-order valence-electron chi connectivity index (χ3n) is 17.2. The van der Waals surface area contributed by atoms with Crippen molar-refractivity contribution in [3.63, 3.8) is 0 Å². The predicted octanol–water partition coefficient (Wildman–Crippen LogP) is 7.61. The zero-order valence-corrected chi connectivity index (χ0v) is 33.6. The molecular weight excluding hydrogens is 659 g/mol. The number of unbranched alkanes of at least 4 members (excludes halogenated alkanes) is 2. The molecule has 4 saturated carbocycles. The number of benzene rings is 1. The molecule has 0 aromatic heterocycles. The number of carbonyl (C=O) groups is 2. The lowest BCUT2D eigenvalue weighted by Crippen LogP contribution is -2.55. The number of nitrogens with one attached hydrogen (secondary N) is 2. The van der Waals surface area contributed by atoms with Gasteiger partial charge in [-0.25, -0.2) is 0 Å². The van der Waals surface area contributed by atoms with Gasteiger partial charge in [-0.3, -0.25) is 14.5 Å². The van der Waals surface area contributed by atoms with Crippen LogP contribution in [0.2, 0.25) is 0 Å². The van der Waals surface area contributed by atoms with Crippen molar-refractivity contribution in [1.82, 2.24) is 15.5 Å². The maximum atomic E-state index is 12.9. The first-order valence-corrected chi connectivity index (χ1v) is 21.7. The van der Waals surface area contributed by atoms with E-state index in [0.717, 1.165) is 70.4 Å². The Morgan fingerprint density at radius 1 is 0.943 bits per heavy atom. The van der Waals surface area contributed by atoms with E-state index in [9.17, 15) is 14.7 Å². The van der Waals surface area contributed by atoms with Gasteiger partial charge in [0, 0.05) is 56.4 Å². The number of likely N-dealkylation sites (tertiary alicyclic amines) is 1. The molecule has 2 saturated heterocycles. The van der Waals surface area contributed by atoms with E-state index in [2.05, 4.69) is 68.4 Å². The van der Waals surface area contributed by atoms with Gasteiger partial charge in [-0.2, -0.15) is 0 Å². The highest BCUT2D eigenvalue weighted by Gasteiger charge is 2.86. The summed E-state index contributed by atoms with van der Waals surface area (Å²) < 4.78 is 7.56. The van der Waals surface area contributed by atoms with Gasteiger partial charge >= 0.3 is 0 Å². The smallest absolute Gasteiger partial charge is 0.220 e. The normalized spacial score (nSPS) is 43.9. The maximum Gasteiger partial charge on any atom is 0.220 e. The summed E-state index contributed by atoms with van der Waals surface area (Å²) in [6, 6.07) is 10.6. The second kappa shape index (κ2) is 14.1. The Morgan fingerprint density at radius 3 is 2.53 bits per heavy atom. The van der Waals surface area contributed by atoms with Crippen LogP contribution in [-0.4, -0.2) is 71.9 Å². The molecule has 7 aliphatic rings. The summed E-state index contributed by atoms with van der Waals surface area (Å²) in [6.07, 6.45) is 17.7. The maximum absolute atomic E-state index is 12.9. The van der Waals surface area contributed by atoms with Crippen LogP contribution in [0.25, 0.3) is 0 Å². The Balaban J connectivity index is 0.826. The predicted molar refractivity (Wildman–Crippen MR) is 210 cm³/mol. The lowest BCUT2D eigenvalue weighted by atomic mass is 9.50. The molecule has 0 bridgehead atoms. The van der Waals surface area contributed by atoms with Crippen LogP contribution in [0.3, 0.4) is 0 Å². The van der Waals surface area contributed by atoms with Crippen LogP contribution in [0, 0.1) is 45.3 Å². The molecule has 6 fully saturated rings. The number of aryl methyl sites for hydroxylation is 1. The molecule has 8 rings (SSSR count). The molecule has 2 heterocycles. The summed E-state index contributed by atoms with van der Waals surface area (Å²) in [5.74, 6) is 2.79. The highest BCUT2D eigenvalue weighted by Crippen LogP contribution is 2.89.